The van der Waals surface area contributed by atoms with Gasteiger partial charge in [0.25, 0.3) is 0 Å². The summed E-state index contributed by atoms with van der Waals surface area (Å²) in [6.45, 7) is 5.85. The van der Waals surface area contributed by atoms with Crippen molar-refractivity contribution in [1.82, 2.24) is 14.8 Å². The van der Waals surface area contributed by atoms with E-state index in [1.807, 2.05) is 6.92 Å². The van der Waals surface area contributed by atoms with Crippen molar-refractivity contribution in [3.63, 3.8) is 0 Å². The fourth-order valence-electron chi connectivity index (χ4n) is 2.57. The van der Waals surface area contributed by atoms with E-state index in [1.165, 1.54) is 0 Å². The fraction of sp³-hybridized carbons (Fsp3) is 0.474. The molecule has 2 aromatic rings. The summed E-state index contributed by atoms with van der Waals surface area (Å²) in [5.41, 5.74) is -1.14. The van der Waals surface area contributed by atoms with Gasteiger partial charge in [0, 0.05) is 11.1 Å². The Morgan fingerprint density at radius 1 is 1.17 bits per heavy atom. The standard InChI is InChI=1S/C19H25BrN4O5/c1-4-5-10-29-15(25)14(20)11-19(2,3)16(26)21-12-6-8-13(9-7-12)24-17(27)22-23-18(24)28/h6-9,14H,4-5,10-11H2,1-3H3,(H,21,26)(H,22,27)(H,23,28). The molecular formula is C19H25BrN4O5. The van der Waals surface area contributed by atoms with E-state index in [-0.39, 0.29) is 18.3 Å². The van der Waals surface area contributed by atoms with E-state index in [4.69, 9.17) is 4.74 Å². The maximum absolute atomic E-state index is 12.7. The van der Waals surface area contributed by atoms with E-state index in [1.54, 1.807) is 38.1 Å². The molecule has 0 spiro atoms. The quantitative estimate of drug-likeness (QED) is 0.295. The SMILES string of the molecule is CCCCOC(=O)C(Br)CC(C)(C)C(=O)Nc1ccc(-n2c(=O)[nH][nH]c2=O)cc1. The molecule has 9 nitrogen and oxygen atoms in total. The second-order valence-electron chi connectivity index (χ2n) is 7.27. The molecule has 0 fully saturated rings. The fourth-order valence-corrected chi connectivity index (χ4v) is 3.51. The second kappa shape index (κ2) is 9.73. The van der Waals surface area contributed by atoms with Crippen molar-refractivity contribution < 1.29 is 14.3 Å². The lowest BCUT2D eigenvalue weighted by Gasteiger charge is -2.25. The number of carbonyl (C=O) groups excluding carboxylic acids is 2. The normalized spacial score (nSPS) is 12.4. The Kier molecular flexibility index (Phi) is 7.60. The largest absolute Gasteiger partial charge is 0.465 e. The number of hydrogen-bond acceptors (Lipinski definition) is 5. The lowest BCUT2D eigenvalue weighted by Crippen LogP contribution is -2.35. The van der Waals surface area contributed by atoms with Gasteiger partial charge in [0.2, 0.25) is 5.91 Å². The highest BCUT2D eigenvalue weighted by atomic mass is 79.9. The molecular weight excluding hydrogens is 444 g/mol. The predicted octanol–water partition coefficient (Wildman–Crippen LogP) is 2.32. The van der Waals surface area contributed by atoms with Crippen LogP contribution in [-0.4, -0.2) is 38.1 Å². The van der Waals surface area contributed by atoms with Crippen molar-refractivity contribution >= 4 is 33.5 Å². The van der Waals surface area contributed by atoms with Gasteiger partial charge in [-0.1, -0.05) is 43.1 Å². The molecule has 0 aliphatic rings. The number of anilines is 1. The topological polar surface area (TPSA) is 126 Å². The van der Waals surface area contributed by atoms with Gasteiger partial charge in [-0.3, -0.25) is 9.59 Å². The van der Waals surface area contributed by atoms with Crippen molar-refractivity contribution in [3.05, 3.63) is 45.2 Å². The summed E-state index contributed by atoms with van der Waals surface area (Å²) < 4.78 is 6.12. The van der Waals surface area contributed by atoms with E-state index >= 15 is 0 Å². The van der Waals surface area contributed by atoms with Gasteiger partial charge in [-0.05, 0) is 37.1 Å². The first-order chi connectivity index (χ1) is 13.7. The van der Waals surface area contributed by atoms with Crippen LogP contribution in [0.25, 0.3) is 5.69 Å². The molecule has 29 heavy (non-hydrogen) atoms. The first kappa shape index (κ1) is 22.7. The summed E-state index contributed by atoms with van der Waals surface area (Å²) in [7, 11) is 0. The number of H-pyrrole nitrogens is 2. The number of unbranched alkanes of at least 4 members (excludes halogenated alkanes) is 1. The molecule has 0 bridgehead atoms. The van der Waals surface area contributed by atoms with Crippen LogP contribution in [0.1, 0.15) is 40.0 Å². The Morgan fingerprint density at radius 2 is 1.76 bits per heavy atom. The molecule has 0 saturated heterocycles. The average Bonchev–Trinajstić information content (AvgIpc) is 3.00. The van der Waals surface area contributed by atoms with Crippen molar-refractivity contribution in [2.45, 2.75) is 44.9 Å². The van der Waals surface area contributed by atoms with Gasteiger partial charge < -0.3 is 10.1 Å². The van der Waals surface area contributed by atoms with Gasteiger partial charge in [0.15, 0.2) is 0 Å². The molecule has 3 N–H and O–H groups in total. The van der Waals surface area contributed by atoms with E-state index in [0.717, 1.165) is 17.4 Å². The Balaban J connectivity index is 2.00. The number of ether oxygens (including phenoxy) is 1. The van der Waals surface area contributed by atoms with Crippen molar-refractivity contribution in [2.24, 2.45) is 5.41 Å². The number of esters is 1. The minimum absolute atomic E-state index is 0.260. The molecule has 0 aliphatic heterocycles. The maximum atomic E-state index is 12.7. The highest BCUT2D eigenvalue weighted by Gasteiger charge is 2.33. The molecule has 1 unspecified atom stereocenters. The van der Waals surface area contributed by atoms with Crippen LogP contribution in [0.4, 0.5) is 5.69 Å². The molecule has 1 amide bonds. The second-order valence-corrected chi connectivity index (χ2v) is 8.38. The van der Waals surface area contributed by atoms with E-state index < -0.39 is 21.6 Å². The highest BCUT2D eigenvalue weighted by molar-refractivity contribution is 9.10. The molecule has 0 aliphatic carbocycles. The third-order valence-electron chi connectivity index (χ3n) is 4.37. The minimum Gasteiger partial charge on any atom is -0.465 e. The Bertz CT molecular complexity index is 930. The van der Waals surface area contributed by atoms with Crippen LogP contribution < -0.4 is 16.7 Å². The van der Waals surface area contributed by atoms with Gasteiger partial charge >= 0.3 is 17.3 Å². The number of alkyl halides is 1. The number of amides is 1. The first-order valence-corrected chi connectivity index (χ1v) is 10.2. The average molecular weight is 469 g/mol. The first-order valence-electron chi connectivity index (χ1n) is 9.28. The predicted molar refractivity (Wildman–Crippen MR) is 113 cm³/mol. The summed E-state index contributed by atoms with van der Waals surface area (Å²) in [6, 6.07) is 6.27. The lowest BCUT2D eigenvalue weighted by atomic mass is 9.86. The number of rotatable bonds is 9. The van der Waals surface area contributed by atoms with E-state index in [0.29, 0.717) is 18.0 Å². The number of nitrogens with zero attached hydrogens (tertiary/aromatic N) is 1. The van der Waals surface area contributed by atoms with Gasteiger partial charge in [0.05, 0.1) is 12.3 Å². The van der Waals surface area contributed by atoms with Gasteiger partial charge in [-0.2, -0.15) is 0 Å². The molecule has 1 aromatic heterocycles. The van der Waals surface area contributed by atoms with E-state index in [9.17, 15) is 19.2 Å². The van der Waals surface area contributed by atoms with Crippen LogP contribution in [0.15, 0.2) is 33.9 Å². The number of aromatic nitrogens is 3. The third-order valence-corrected chi connectivity index (χ3v) is 5.07. The Labute approximate surface area is 176 Å². The van der Waals surface area contributed by atoms with Gasteiger partial charge in [-0.15, -0.1) is 0 Å². The van der Waals surface area contributed by atoms with Crippen LogP contribution in [0.3, 0.4) is 0 Å². The monoisotopic (exact) mass is 468 g/mol. The number of halogens is 1. The van der Waals surface area contributed by atoms with Crippen LogP contribution in [0.5, 0.6) is 0 Å². The zero-order valence-corrected chi connectivity index (χ0v) is 18.2. The molecule has 10 heteroatoms. The summed E-state index contributed by atoms with van der Waals surface area (Å²) in [6.07, 6.45) is 1.99. The number of nitrogens with one attached hydrogen (secondary N) is 3. The molecule has 1 atom stereocenters. The third kappa shape index (κ3) is 5.93. The summed E-state index contributed by atoms with van der Waals surface area (Å²) in [4.78, 5) is 47.4. The van der Waals surface area contributed by atoms with Gasteiger partial charge in [-0.25, -0.2) is 24.4 Å². The summed E-state index contributed by atoms with van der Waals surface area (Å²) in [5, 5.41) is 7.19. The van der Waals surface area contributed by atoms with Crippen LogP contribution in [0.2, 0.25) is 0 Å². The van der Waals surface area contributed by atoms with Crippen molar-refractivity contribution in [2.75, 3.05) is 11.9 Å². The maximum Gasteiger partial charge on any atom is 0.348 e. The zero-order valence-electron chi connectivity index (χ0n) is 16.6. The van der Waals surface area contributed by atoms with Crippen LogP contribution in [0, 0.1) is 5.41 Å². The Morgan fingerprint density at radius 3 is 2.31 bits per heavy atom. The summed E-state index contributed by atoms with van der Waals surface area (Å²) in [5.74, 6) is -0.654. The van der Waals surface area contributed by atoms with Crippen LogP contribution >= 0.6 is 15.9 Å². The molecule has 1 aromatic carbocycles. The lowest BCUT2D eigenvalue weighted by molar-refractivity contribution is -0.143. The molecule has 0 saturated carbocycles. The number of carbonyl (C=O) groups is 2. The zero-order chi connectivity index (χ0) is 21.6. The number of hydrogen-bond donors (Lipinski definition) is 3. The van der Waals surface area contributed by atoms with Crippen molar-refractivity contribution in [3.8, 4) is 5.69 Å². The Hall–Kier alpha value is -2.62. The highest BCUT2D eigenvalue weighted by Crippen LogP contribution is 2.28. The van der Waals surface area contributed by atoms with Crippen molar-refractivity contribution in [1.29, 1.82) is 0 Å². The molecule has 1 heterocycles. The minimum atomic E-state index is -0.842. The summed E-state index contributed by atoms with van der Waals surface area (Å²) >= 11 is 3.31. The number of benzene rings is 1. The molecule has 158 valence electrons. The molecule has 2 rings (SSSR count). The van der Waals surface area contributed by atoms with Crippen LogP contribution in [-0.2, 0) is 14.3 Å². The van der Waals surface area contributed by atoms with Gasteiger partial charge in [0.1, 0.15) is 4.83 Å². The molecule has 0 radical (unpaired) electrons. The number of aromatic amines is 2. The van der Waals surface area contributed by atoms with E-state index in [2.05, 4.69) is 31.4 Å². The smallest absolute Gasteiger partial charge is 0.348 e.